The summed E-state index contributed by atoms with van der Waals surface area (Å²) in [5.41, 5.74) is 1.90. The Hall–Kier alpha value is -2.37. The van der Waals surface area contributed by atoms with Gasteiger partial charge in [-0.3, -0.25) is 4.79 Å². The minimum absolute atomic E-state index is 0.0476. The molecule has 0 aliphatic carbocycles. The van der Waals surface area contributed by atoms with Gasteiger partial charge in [0.25, 0.3) is 5.91 Å². The molecule has 5 rings (SSSR count). The molecule has 1 saturated heterocycles. The summed E-state index contributed by atoms with van der Waals surface area (Å²) in [5, 5.41) is 8.94. The van der Waals surface area contributed by atoms with Crippen molar-refractivity contribution >= 4 is 5.91 Å². The van der Waals surface area contributed by atoms with E-state index < -0.39 is 0 Å². The van der Waals surface area contributed by atoms with Gasteiger partial charge in [0.2, 0.25) is 0 Å². The quantitative estimate of drug-likeness (QED) is 0.834. The Morgan fingerprint density at radius 1 is 1.08 bits per heavy atom. The zero-order valence-electron chi connectivity index (χ0n) is 15.0. The highest BCUT2D eigenvalue weighted by atomic mass is 16.5. The van der Waals surface area contributed by atoms with Crippen molar-refractivity contribution in [3.63, 3.8) is 0 Å². The van der Waals surface area contributed by atoms with E-state index in [0.717, 1.165) is 67.3 Å². The van der Waals surface area contributed by atoms with Crippen LogP contribution in [0, 0.1) is 0 Å². The second-order valence-corrected chi connectivity index (χ2v) is 7.51. The summed E-state index contributed by atoms with van der Waals surface area (Å²) in [6, 6.07) is 5.88. The molecule has 136 valence electrons. The van der Waals surface area contributed by atoms with E-state index in [4.69, 9.17) is 4.74 Å². The average molecular weight is 352 g/mol. The van der Waals surface area contributed by atoms with Crippen LogP contribution in [0.25, 0.3) is 0 Å². The Bertz CT molecular complexity index is 844. The Labute approximate surface area is 153 Å². The summed E-state index contributed by atoms with van der Waals surface area (Å²) in [7, 11) is 0. The van der Waals surface area contributed by atoms with Crippen molar-refractivity contribution in [1.82, 2.24) is 19.7 Å². The molecule has 1 amide bonds. The van der Waals surface area contributed by atoms with E-state index in [9.17, 15) is 4.79 Å². The summed E-state index contributed by atoms with van der Waals surface area (Å²) < 4.78 is 7.84. The fourth-order valence-electron chi connectivity index (χ4n) is 4.52. The van der Waals surface area contributed by atoms with Gasteiger partial charge in [0.15, 0.2) is 5.82 Å². The van der Waals surface area contributed by atoms with Gasteiger partial charge in [0, 0.05) is 31.5 Å². The van der Waals surface area contributed by atoms with Crippen molar-refractivity contribution in [1.29, 1.82) is 0 Å². The molecular weight excluding hydrogens is 328 g/mol. The number of ether oxygens (including phenoxy) is 1. The third-order valence-corrected chi connectivity index (χ3v) is 5.89. The van der Waals surface area contributed by atoms with Gasteiger partial charge in [-0.1, -0.05) is 6.42 Å². The number of rotatable bonds is 2. The smallest absolute Gasteiger partial charge is 0.254 e. The summed E-state index contributed by atoms with van der Waals surface area (Å²) in [5.74, 6) is 3.10. The van der Waals surface area contributed by atoms with Crippen molar-refractivity contribution in [3.8, 4) is 5.75 Å². The number of likely N-dealkylation sites (tertiary alicyclic amines) is 1. The Kier molecular flexibility index (Phi) is 3.91. The van der Waals surface area contributed by atoms with Crippen LogP contribution in [0.5, 0.6) is 5.75 Å². The number of carbonyl (C=O) groups is 1. The number of hydrogen-bond acceptors (Lipinski definition) is 4. The first-order valence-electron chi connectivity index (χ1n) is 9.80. The van der Waals surface area contributed by atoms with Crippen LogP contribution in [-0.4, -0.2) is 38.7 Å². The normalized spacial score (nSPS) is 21.8. The summed E-state index contributed by atoms with van der Waals surface area (Å²) in [6.07, 6.45) is 7.47. The molecule has 3 aliphatic heterocycles. The summed E-state index contributed by atoms with van der Waals surface area (Å²) in [6.45, 7) is 2.48. The molecule has 2 aromatic rings. The number of aromatic nitrogens is 3. The van der Waals surface area contributed by atoms with Gasteiger partial charge in [-0.25, -0.2) is 0 Å². The Balaban J connectivity index is 1.44. The van der Waals surface area contributed by atoms with Gasteiger partial charge in [0.05, 0.1) is 12.6 Å². The molecule has 1 aromatic heterocycles. The van der Waals surface area contributed by atoms with E-state index in [2.05, 4.69) is 14.8 Å². The predicted molar refractivity (Wildman–Crippen MR) is 96.2 cm³/mol. The highest BCUT2D eigenvalue weighted by Gasteiger charge is 2.35. The third-order valence-electron chi connectivity index (χ3n) is 5.89. The fourth-order valence-corrected chi connectivity index (χ4v) is 4.52. The molecule has 1 unspecified atom stereocenters. The Morgan fingerprint density at radius 3 is 3.00 bits per heavy atom. The number of hydrogen-bond donors (Lipinski definition) is 0. The number of fused-ring (bicyclic) bond motifs is 2. The molecule has 26 heavy (non-hydrogen) atoms. The van der Waals surface area contributed by atoms with Crippen molar-refractivity contribution < 1.29 is 9.53 Å². The van der Waals surface area contributed by atoms with Crippen LogP contribution in [0.4, 0.5) is 0 Å². The minimum atomic E-state index is 0.0476. The molecule has 6 nitrogen and oxygen atoms in total. The van der Waals surface area contributed by atoms with E-state index in [1.807, 2.05) is 23.1 Å². The van der Waals surface area contributed by atoms with Gasteiger partial charge in [-0.05, 0) is 49.4 Å². The zero-order chi connectivity index (χ0) is 17.5. The largest absolute Gasteiger partial charge is 0.493 e. The van der Waals surface area contributed by atoms with Crippen LogP contribution in [0.2, 0.25) is 0 Å². The van der Waals surface area contributed by atoms with Crippen LogP contribution >= 0.6 is 0 Å². The first-order chi connectivity index (χ1) is 12.8. The van der Waals surface area contributed by atoms with Crippen LogP contribution in [0.15, 0.2) is 18.2 Å². The van der Waals surface area contributed by atoms with E-state index >= 15 is 0 Å². The van der Waals surface area contributed by atoms with Gasteiger partial charge >= 0.3 is 0 Å². The molecule has 0 bridgehead atoms. The Morgan fingerprint density at radius 2 is 2.04 bits per heavy atom. The topological polar surface area (TPSA) is 60.2 Å². The molecule has 1 aromatic carbocycles. The van der Waals surface area contributed by atoms with Crippen LogP contribution < -0.4 is 4.74 Å². The number of carbonyl (C=O) groups excluding carboxylic acids is 1. The summed E-state index contributed by atoms with van der Waals surface area (Å²) in [4.78, 5) is 15.2. The number of nitrogens with zero attached hydrogens (tertiary/aromatic N) is 4. The number of aryl methyl sites for hydroxylation is 1. The molecule has 0 saturated carbocycles. The van der Waals surface area contributed by atoms with Crippen LogP contribution in [0.1, 0.15) is 65.7 Å². The van der Waals surface area contributed by atoms with E-state index in [-0.39, 0.29) is 11.9 Å². The molecule has 0 radical (unpaired) electrons. The van der Waals surface area contributed by atoms with Crippen molar-refractivity contribution in [2.45, 2.75) is 57.5 Å². The number of benzene rings is 1. The van der Waals surface area contributed by atoms with Gasteiger partial charge in [-0.15, -0.1) is 10.2 Å². The molecule has 3 aliphatic rings. The predicted octanol–water partition coefficient (Wildman–Crippen LogP) is 2.92. The minimum Gasteiger partial charge on any atom is -0.493 e. The first kappa shape index (κ1) is 15.9. The van der Waals surface area contributed by atoms with Crippen molar-refractivity contribution in [2.75, 3.05) is 13.2 Å². The fraction of sp³-hybridized carbons (Fsp3) is 0.550. The van der Waals surface area contributed by atoms with Gasteiger partial charge < -0.3 is 14.2 Å². The van der Waals surface area contributed by atoms with Crippen molar-refractivity contribution in [2.24, 2.45) is 0 Å². The highest BCUT2D eigenvalue weighted by molar-refractivity contribution is 5.95. The average Bonchev–Trinajstić information content (AvgIpc) is 3.37. The van der Waals surface area contributed by atoms with E-state index in [1.54, 1.807) is 0 Å². The molecule has 4 heterocycles. The first-order valence-corrected chi connectivity index (χ1v) is 9.80. The third kappa shape index (κ3) is 2.59. The monoisotopic (exact) mass is 352 g/mol. The van der Waals surface area contributed by atoms with Crippen LogP contribution in [-0.2, 0) is 19.4 Å². The maximum Gasteiger partial charge on any atom is 0.254 e. The highest BCUT2D eigenvalue weighted by Crippen LogP contribution is 2.34. The standard InChI is InChI=1S/C20H24N4O2/c25-20(15-7-8-17-14(13-15)9-12-26-17)23-11-4-5-16(23)19-22-21-18-6-2-1-3-10-24(18)19/h7-8,13,16H,1-6,9-12H2. The van der Waals surface area contributed by atoms with E-state index in [0.29, 0.717) is 6.61 Å². The molecule has 6 heteroatoms. The second kappa shape index (κ2) is 6.41. The summed E-state index contributed by atoms with van der Waals surface area (Å²) >= 11 is 0. The van der Waals surface area contributed by atoms with Crippen LogP contribution in [0.3, 0.4) is 0 Å². The maximum absolute atomic E-state index is 13.2. The lowest BCUT2D eigenvalue weighted by Crippen LogP contribution is -2.32. The number of amides is 1. The lowest BCUT2D eigenvalue weighted by atomic mass is 10.1. The van der Waals surface area contributed by atoms with Gasteiger partial charge in [-0.2, -0.15) is 0 Å². The molecule has 0 N–H and O–H groups in total. The lowest BCUT2D eigenvalue weighted by molar-refractivity contribution is 0.0727. The SMILES string of the molecule is O=C(c1ccc2c(c1)CCO2)N1CCCC1c1nnc2n1CCCCC2. The molecular formula is C20H24N4O2. The van der Waals surface area contributed by atoms with Crippen molar-refractivity contribution in [3.05, 3.63) is 41.0 Å². The lowest BCUT2D eigenvalue weighted by Gasteiger charge is -2.25. The molecule has 1 atom stereocenters. The zero-order valence-corrected chi connectivity index (χ0v) is 15.0. The molecule has 1 fully saturated rings. The second-order valence-electron chi connectivity index (χ2n) is 7.51. The van der Waals surface area contributed by atoms with Gasteiger partial charge in [0.1, 0.15) is 11.6 Å². The van der Waals surface area contributed by atoms with E-state index in [1.165, 1.54) is 19.3 Å². The molecule has 0 spiro atoms. The maximum atomic E-state index is 13.2.